The van der Waals surface area contributed by atoms with Crippen LogP contribution < -0.4 is 11.1 Å². The van der Waals surface area contributed by atoms with Crippen molar-refractivity contribution in [3.05, 3.63) is 0 Å². The summed E-state index contributed by atoms with van der Waals surface area (Å²) in [7, 11) is 0. The van der Waals surface area contributed by atoms with E-state index < -0.39 is 12.1 Å². The molecule has 1 saturated heterocycles. The Bertz CT molecular complexity index is 326. The normalized spacial score (nSPS) is 25.2. The average molecular weight is 291 g/mol. The lowest BCUT2D eigenvalue weighted by molar-refractivity contribution is -0.120. The summed E-state index contributed by atoms with van der Waals surface area (Å²) in [6, 6.07) is -0.147. The minimum absolute atomic E-state index is 0.0312. The minimum atomic E-state index is -0.955. The van der Waals surface area contributed by atoms with E-state index in [0.29, 0.717) is 13.0 Å². The SMILES string of the molecule is CC[C@H](SC)C(=O)NC[C@@H]1C[C@H](F)CN1CC(N)=O. The number of likely N-dealkylation sites (tertiary alicyclic amines) is 1. The summed E-state index contributed by atoms with van der Waals surface area (Å²) in [5.74, 6) is -0.502. The number of nitrogens with one attached hydrogen (secondary N) is 1. The van der Waals surface area contributed by atoms with Crippen molar-refractivity contribution < 1.29 is 14.0 Å². The molecule has 0 aromatic carbocycles. The van der Waals surface area contributed by atoms with E-state index in [0.717, 1.165) is 6.42 Å². The zero-order valence-corrected chi connectivity index (χ0v) is 12.2. The summed E-state index contributed by atoms with van der Waals surface area (Å²) in [4.78, 5) is 24.5. The number of primary amides is 1. The number of hydrogen-bond donors (Lipinski definition) is 2. The molecule has 0 aliphatic carbocycles. The number of nitrogens with two attached hydrogens (primary N) is 1. The van der Waals surface area contributed by atoms with Gasteiger partial charge in [-0.2, -0.15) is 11.8 Å². The smallest absolute Gasteiger partial charge is 0.233 e. The fraction of sp³-hybridized carbons (Fsp3) is 0.833. The van der Waals surface area contributed by atoms with Crippen molar-refractivity contribution >= 4 is 23.6 Å². The highest BCUT2D eigenvalue weighted by Gasteiger charge is 2.33. The summed E-state index contributed by atoms with van der Waals surface area (Å²) < 4.78 is 13.4. The van der Waals surface area contributed by atoms with Gasteiger partial charge in [-0.3, -0.25) is 14.5 Å². The molecule has 0 unspecified atom stereocenters. The average Bonchev–Trinajstić information content (AvgIpc) is 2.67. The van der Waals surface area contributed by atoms with Crippen molar-refractivity contribution in [2.45, 2.75) is 37.2 Å². The van der Waals surface area contributed by atoms with Gasteiger partial charge in [0.2, 0.25) is 11.8 Å². The number of amides is 2. The van der Waals surface area contributed by atoms with Crippen LogP contribution in [0.15, 0.2) is 0 Å². The lowest BCUT2D eigenvalue weighted by Gasteiger charge is -2.23. The fourth-order valence-electron chi connectivity index (χ4n) is 2.32. The fourth-order valence-corrected chi connectivity index (χ4v) is 2.95. The van der Waals surface area contributed by atoms with E-state index in [1.165, 1.54) is 11.8 Å². The van der Waals surface area contributed by atoms with Crippen molar-refractivity contribution in [3.8, 4) is 0 Å². The standard InChI is InChI=1S/C12H22FN3O2S/c1-3-10(19-2)12(18)15-5-9-4-8(13)6-16(9)7-11(14)17/h8-10H,3-7H2,1-2H3,(H2,14,17)(H,15,18)/t8-,9-,10-/m0/s1. The molecule has 1 fully saturated rings. The molecule has 0 radical (unpaired) electrons. The number of halogens is 1. The second kappa shape index (κ2) is 7.69. The first-order valence-electron chi connectivity index (χ1n) is 6.44. The highest BCUT2D eigenvalue weighted by molar-refractivity contribution is 7.99. The molecule has 2 amide bonds. The summed E-state index contributed by atoms with van der Waals surface area (Å²) in [6.07, 6.45) is 2.03. The minimum Gasteiger partial charge on any atom is -0.369 e. The number of carbonyl (C=O) groups excluding carboxylic acids is 2. The number of rotatable bonds is 7. The van der Waals surface area contributed by atoms with Gasteiger partial charge in [0.05, 0.1) is 11.8 Å². The van der Waals surface area contributed by atoms with E-state index in [-0.39, 0.29) is 30.3 Å². The van der Waals surface area contributed by atoms with Crippen LogP contribution in [0.2, 0.25) is 0 Å². The monoisotopic (exact) mass is 291 g/mol. The first kappa shape index (κ1) is 16.2. The molecule has 0 saturated carbocycles. The van der Waals surface area contributed by atoms with E-state index in [4.69, 9.17) is 5.73 Å². The molecule has 110 valence electrons. The maximum absolute atomic E-state index is 13.4. The van der Waals surface area contributed by atoms with Gasteiger partial charge >= 0.3 is 0 Å². The zero-order valence-electron chi connectivity index (χ0n) is 11.4. The van der Waals surface area contributed by atoms with Crippen LogP contribution in [0.25, 0.3) is 0 Å². The Morgan fingerprint density at radius 3 is 2.79 bits per heavy atom. The lowest BCUT2D eigenvalue weighted by Crippen LogP contribution is -2.45. The Kier molecular flexibility index (Phi) is 6.57. The molecule has 0 aromatic heterocycles. The Hall–Kier alpha value is -0.820. The van der Waals surface area contributed by atoms with Crippen LogP contribution in [0.1, 0.15) is 19.8 Å². The Morgan fingerprint density at radius 1 is 1.58 bits per heavy atom. The van der Waals surface area contributed by atoms with Crippen LogP contribution in [0.5, 0.6) is 0 Å². The molecule has 3 atom stereocenters. The van der Waals surface area contributed by atoms with Crippen LogP contribution in [0.4, 0.5) is 4.39 Å². The van der Waals surface area contributed by atoms with Crippen LogP contribution in [0, 0.1) is 0 Å². The van der Waals surface area contributed by atoms with Gasteiger partial charge in [0, 0.05) is 19.1 Å². The Labute approximate surface area is 117 Å². The number of nitrogens with zero attached hydrogens (tertiary/aromatic N) is 1. The first-order chi connectivity index (χ1) is 8.97. The zero-order chi connectivity index (χ0) is 14.4. The van der Waals surface area contributed by atoms with Gasteiger partial charge in [0.1, 0.15) is 6.17 Å². The van der Waals surface area contributed by atoms with E-state index in [1.807, 2.05) is 13.2 Å². The second-order valence-corrected chi connectivity index (χ2v) is 5.80. The van der Waals surface area contributed by atoms with Crippen molar-refractivity contribution in [2.75, 3.05) is 25.9 Å². The van der Waals surface area contributed by atoms with Crippen molar-refractivity contribution in [1.82, 2.24) is 10.2 Å². The molecule has 0 aromatic rings. The summed E-state index contributed by atoms with van der Waals surface area (Å²) in [6.45, 7) is 2.57. The maximum atomic E-state index is 13.4. The van der Waals surface area contributed by atoms with Gasteiger partial charge in [-0.1, -0.05) is 6.92 Å². The van der Waals surface area contributed by atoms with Gasteiger partial charge in [-0.25, -0.2) is 4.39 Å². The number of thioether (sulfide) groups is 1. The molecule has 0 spiro atoms. The van der Waals surface area contributed by atoms with Crippen LogP contribution in [-0.4, -0.2) is 60.1 Å². The van der Waals surface area contributed by atoms with Crippen LogP contribution in [0.3, 0.4) is 0 Å². The van der Waals surface area contributed by atoms with Gasteiger partial charge in [0.25, 0.3) is 0 Å². The number of alkyl halides is 1. The van der Waals surface area contributed by atoms with E-state index >= 15 is 0 Å². The third kappa shape index (κ3) is 4.99. The topological polar surface area (TPSA) is 75.4 Å². The molecule has 5 nitrogen and oxygen atoms in total. The predicted octanol–water partition coefficient (Wildman–Crippen LogP) is 0.142. The second-order valence-electron chi connectivity index (χ2n) is 4.76. The molecule has 1 aliphatic rings. The van der Waals surface area contributed by atoms with Gasteiger partial charge in [-0.05, 0) is 19.1 Å². The highest BCUT2D eigenvalue weighted by atomic mass is 32.2. The predicted molar refractivity (Wildman–Crippen MR) is 74.7 cm³/mol. The largest absolute Gasteiger partial charge is 0.369 e. The van der Waals surface area contributed by atoms with Gasteiger partial charge < -0.3 is 11.1 Å². The summed E-state index contributed by atoms with van der Waals surface area (Å²) in [5, 5.41) is 2.75. The number of carbonyl (C=O) groups is 2. The lowest BCUT2D eigenvalue weighted by atomic mass is 10.2. The summed E-state index contributed by atoms with van der Waals surface area (Å²) in [5.41, 5.74) is 5.13. The van der Waals surface area contributed by atoms with Gasteiger partial charge in [0.15, 0.2) is 0 Å². The molecule has 1 aliphatic heterocycles. The van der Waals surface area contributed by atoms with Crippen molar-refractivity contribution in [2.24, 2.45) is 5.73 Å². The molecule has 1 rings (SSSR count). The van der Waals surface area contributed by atoms with E-state index in [1.54, 1.807) is 4.90 Å². The summed E-state index contributed by atoms with van der Waals surface area (Å²) >= 11 is 1.50. The van der Waals surface area contributed by atoms with Crippen LogP contribution in [-0.2, 0) is 9.59 Å². The molecule has 1 heterocycles. The molecule has 7 heteroatoms. The van der Waals surface area contributed by atoms with Crippen molar-refractivity contribution in [3.63, 3.8) is 0 Å². The molecule has 19 heavy (non-hydrogen) atoms. The van der Waals surface area contributed by atoms with Crippen molar-refractivity contribution in [1.29, 1.82) is 0 Å². The van der Waals surface area contributed by atoms with E-state index in [2.05, 4.69) is 5.32 Å². The van der Waals surface area contributed by atoms with E-state index in [9.17, 15) is 14.0 Å². The quantitative estimate of drug-likeness (QED) is 0.700. The Balaban J connectivity index is 2.46. The van der Waals surface area contributed by atoms with Crippen LogP contribution >= 0.6 is 11.8 Å². The maximum Gasteiger partial charge on any atom is 0.233 e. The van der Waals surface area contributed by atoms with Gasteiger partial charge in [-0.15, -0.1) is 0 Å². The number of hydrogen-bond acceptors (Lipinski definition) is 4. The molecule has 3 N–H and O–H groups in total. The third-order valence-corrected chi connectivity index (χ3v) is 4.41. The molecular formula is C12H22FN3O2S. The third-order valence-electron chi connectivity index (χ3n) is 3.30. The molecular weight excluding hydrogens is 269 g/mol. The first-order valence-corrected chi connectivity index (χ1v) is 7.73. The highest BCUT2D eigenvalue weighted by Crippen LogP contribution is 2.19. The Morgan fingerprint density at radius 2 is 2.26 bits per heavy atom. The molecule has 0 bridgehead atoms.